The summed E-state index contributed by atoms with van der Waals surface area (Å²) in [6, 6.07) is 8.71. The Morgan fingerprint density at radius 3 is 2.44 bits per heavy atom. The molecule has 1 aliphatic carbocycles. The van der Waals surface area contributed by atoms with Crippen molar-refractivity contribution in [2.75, 3.05) is 20.1 Å². The molecule has 1 aromatic carbocycles. The number of likely N-dealkylation sites (tertiary alicyclic amines) is 1. The highest BCUT2D eigenvalue weighted by molar-refractivity contribution is 5.93. The fraction of sp³-hybridized carbons (Fsp3) is 0.650. The minimum absolute atomic E-state index is 0.0446. The number of nitrogens with one attached hydrogen (secondary N) is 2. The highest BCUT2D eigenvalue weighted by Gasteiger charge is 2.31. The summed E-state index contributed by atoms with van der Waals surface area (Å²) < 4.78 is 0. The Hall–Kier alpha value is -1.43. The molecule has 25 heavy (non-hydrogen) atoms. The van der Waals surface area contributed by atoms with Gasteiger partial charge in [0.05, 0.1) is 6.10 Å². The molecule has 5 heteroatoms. The first kappa shape index (κ1) is 18.4. The lowest BCUT2D eigenvalue weighted by Gasteiger charge is -2.41. The zero-order valence-corrected chi connectivity index (χ0v) is 15.2. The van der Waals surface area contributed by atoms with Gasteiger partial charge in [0, 0.05) is 44.3 Å². The minimum atomic E-state index is -0.128. The molecule has 3 N–H and O–H groups in total. The molecule has 5 nitrogen and oxygen atoms in total. The zero-order chi connectivity index (χ0) is 17.6. The summed E-state index contributed by atoms with van der Waals surface area (Å²) in [5, 5.41) is 16.5. The van der Waals surface area contributed by atoms with Crippen molar-refractivity contribution in [3.05, 3.63) is 35.4 Å². The molecule has 1 amide bonds. The van der Waals surface area contributed by atoms with Gasteiger partial charge in [-0.05, 0) is 43.4 Å². The van der Waals surface area contributed by atoms with Crippen molar-refractivity contribution in [2.45, 2.75) is 63.3 Å². The van der Waals surface area contributed by atoms with Crippen LogP contribution in [0.3, 0.4) is 0 Å². The van der Waals surface area contributed by atoms with Crippen LogP contribution < -0.4 is 10.6 Å². The van der Waals surface area contributed by atoms with Crippen LogP contribution in [0.15, 0.2) is 24.3 Å². The lowest BCUT2D eigenvalue weighted by atomic mass is 9.89. The van der Waals surface area contributed by atoms with Gasteiger partial charge in [0.2, 0.25) is 0 Å². The number of rotatable bonds is 5. The largest absolute Gasteiger partial charge is 0.391 e. The maximum absolute atomic E-state index is 11.6. The molecule has 1 saturated carbocycles. The van der Waals surface area contributed by atoms with Crippen molar-refractivity contribution < 1.29 is 9.90 Å². The Kier molecular flexibility index (Phi) is 6.45. The molecule has 0 aromatic heterocycles. The fourth-order valence-electron chi connectivity index (χ4n) is 4.13. The van der Waals surface area contributed by atoms with Crippen molar-refractivity contribution in [1.82, 2.24) is 15.5 Å². The second-order valence-corrected chi connectivity index (χ2v) is 7.39. The van der Waals surface area contributed by atoms with E-state index >= 15 is 0 Å². The van der Waals surface area contributed by atoms with E-state index in [4.69, 9.17) is 0 Å². The molecule has 1 aromatic rings. The highest BCUT2D eigenvalue weighted by Crippen LogP contribution is 2.26. The van der Waals surface area contributed by atoms with Crippen LogP contribution in [0.2, 0.25) is 0 Å². The number of aliphatic hydroxyl groups excluding tert-OH is 1. The average Bonchev–Trinajstić information content (AvgIpc) is 2.67. The number of aliphatic hydroxyl groups is 1. The number of piperidine rings is 1. The Bertz CT molecular complexity index is 553. The summed E-state index contributed by atoms with van der Waals surface area (Å²) in [5.74, 6) is -0.0446. The van der Waals surface area contributed by atoms with E-state index in [1.807, 2.05) is 24.3 Å². The van der Waals surface area contributed by atoms with Crippen LogP contribution in [-0.4, -0.2) is 54.2 Å². The quantitative estimate of drug-likeness (QED) is 0.763. The standard InChI is InChI=1S/C20H31N3O2/c1-21-20(25)16-8-6-15(7-9-16)14-22-17-10-12-23(13-11-17)18-4-2-3-5-19(18)24/h6-9,17-19,22,24H,2-5,10-14H2,1H3,(H,21,25). The van der Waals surface area contributed by atoms with Crippen molar-refractivity contribution in [3.63, 3.8) is 0 Å². The topological polar surface area (TPSA) is 64.6 Å². The van der Waals surface area contributed by atoms with Crippen molar-refractivity contribution in [3.8, 4) is 0 Å². The normalized spacial score (nSPS) is 25.7. The summed E-state index contributed by atoms with van der Waals surface area (Å²) in [5.41, 5.74) is 1.91. The summed E-state index contributed by atoms with van der Waals surface area (Å²) in [6.45, 7) is 2.99. The van der Waals surface area contributed by atoms with Crippen LogP contribution in [0.4, 0.5) is 0 Å². The Morgan fingerprint density at radius 1 is 1.12 bits per heavy atom. The number of hydrogen-bond acceptors (Lipinski definition) is 4. The minimum Gasteiger partial charge on any atom is -0.391 e. The molecule has 0 radical (unpaired) electrons. The molecular weight excluding hydrogens is 314 g/mol. The van der Waals surface area contributed by atoms with Gasteiger partial charge in [-0.15, -0.1) is 0 Å². The van der Waals surface area contributed by atoms with Gasteiger partial charge in [0.25, 0.3) is 5.91 Å². The molecule has 3 rings (SSSR count). The molecule has 0 spiro atoms. The van der Waals surface area contributed by atoms with E-state index in [1.54, 1.807) is 7.05 Å². The van der Waals surface area contributed by atoms with Gasteiger partial charge in [-0.25, -0.2) is 0 Å². The van der Waals surface area contributed by atoms with Crippen LogP contribution in [0.1, 0.15) is 54.4 Å². The molecule has 1 aliphatic heterocycles. The van der Waals surface area contributed by atoms with Crippen molar-refractivity contribution in [2.24, 2.45) is 0 Å². The number of amides is 1. The highest BCUT2D eigenvalue weighted by atomic mass is 16.3. The maximum Gasteiger partial charge on any atom is 0.251 e. The smallest absolute Gasteiger partial charge is 0.251 e. The number of hydrogen-bond donors (Lipinski definition) is 3. The molecule has 2 aliphatic rings. The number of nitrogens with zero attached hydrogens (tertiary/aromatic N) is 1. The molecular formula is C20H31N3O2. The summed E-state index contributed by atoms with van der Waals surface area (Å²) in [6.07, 6.45) is 6.70. The lowest BCUT2D eigenvalue weighted by Crippen LogP contribution is -2.51. The summed E-state index contributed by atoms with van der Waals surface area (Å²) >= 11 is 0. The predicted octanol–water partition coefficient (Wildman–Crippen LogP) is 1.90. The number of carbonyl (C=O) groups excluding carboxylic acids is 1. The van der Waals surface area contributed by atoms with E-state index in [-0.39, 0.29) is 12.0 Å². The van der Waals surface area contributed by atoms with Gasteiger partial charge in [-0.1, -0.05) is 25.0 Å². The SMILES string of the molecule is CNC(=O)c1ccc(CNC2CCN(C3CCCCC3O)CC2)cc1. The van der Waals surface area contributed by atoms with Gasteiger partial charge in [0.1, 0.15) is 0 Å². The van der Waals surface area contributed by atoms with E-state index in [0.29, 0.717) is 17.6 Å². The molecule has 138 valence electrons. The first-order chi connectivity index (χ1) is 12.2. The Balaban J connectivity index is 1.42. The van der Waals surface area contributed by atoms with E-state index in [0.717, 1.165) is 45.3 Å². The third-order valence-electron chi connectivity index (χ3n) is 5.73. The van der Waals surface area contributed by atoms with E-state index in [2.05, 4.69) is 15.5 Å². The van der Waals surface area contributed by atoms with E-state index < -0.39 is 0 Å². The second-order valence-electron chi connectivity index (χ2n) is 7.39. The van der Waals surface area contributed by atoms with Crippen molar-refractivity contribution in [1.29, 1.82) is 0 Å². The van der Waals surface area contributed by atoms with E-state index in [9.17, 15) is 9.90 Å². The van der Waals surface area contributed by atoms with Crippen LogP contribution in [0.5, 0.6) is 0 Å². The van der Waals surface area contributed by atoms with E-state index in [1.165, 1.54) is 18.4 Å². The monoisotopic (exact) mass is 345 g/mol. The van der Waals surface area contributed by atoms with Crippen LogP contribution >= 0.6 is 0 Å². The average molecular weight is 345 g/mol. The van der Waals surface area contributed by atoms with Gasteiger partial charge >= 0.3 is 0 Å². The Labute approximate surface area is 150 Å². The van der Waals surface area contributed by atoms with Crippen LogP contribution in [-0.2, 0) is 6.54 Å². The molecule has 2 atom stereocenters. The van der Waals surface area contributed by atoms with Crippen LogP contribution in [0.25, 0.3) is 0 Å². The van der Waals surface area contributed by atoms with Gasteiger partial charge in [0.15, 0.2) is 0 Å². The fourth-order valence-corrected chi connectivity index (χ4v) is 4.13. The Morgan fingerprint density at radius 2 is 1.80 bits per heavy atom. The first-order valence-electron chi connectivity index (χ1n) is 9.64. The number of carbonyl (C=O) groups is 1. The molecule has 2 unspecified atom stereocenters. The third-order valence-corrected chi connectivity index (χ3v) is 5.73. The predicted molar refractivity (Wildman–Crippen MR) is 99.5 cm³/mol. The molecule has 2 fully saturated rings. The second kappa shape index (κ2) is 8.79. The summed E-state index contributed by atoms with van der Waals surface area (Å²) in [7, 11) is 1.65. The third kappa shape index (κ3) is 4.81. The van der Waals surface area contributed by atoms with Crippen molar-refractivity contribution >= 4 is 5.91 Å². The summed E-state index contributed by atoms with van der Waals surface area (Å²) in [4.78, 5) is 14.1. The molecule has 1 saturated heterocycles. The van der Waals surface area contributed by atoms with Gasteiger partial charge in [-0.3, -0.25) is 9.69 Å². The van der Waals surface area contributed by atoms with Crippen LogP contribution in [0, 0.1) is 0 Å². The first-order valence-corrected chi connectivity index (χ1v) is 9.64. The maximum atomic E-state index is 11.6. The lowest BCUT2D eigenvalue weighted by molar-refractivity contribution is 0.00714. The molecule has 1 heterocycles. The number of benzene rings is 1. The molecule has 0 bridgehead atoms. The van der Waals surface area contributed by atoms with Gasteiger partial charge in [-0.2, -0.15) is 0 Å². The van der Waals surface area contributed by atoms with Gasteiger partial charge < -0.3 is 15.7 Å². The zero-order valence-electron chi connectivity index (χ0n) is 15.2.